The molecule has 0 radical (unpaired) electrons. The minimum atomic E-state index is -0.345. The maximum absolute atomic E-state index is 12.7. The normalized spacial score (nSPS) is 14.6. The van der Waals surface area contributed by atoms with Crippen LogP contribution in [0.25, 0.3) is 0 Å². The second-order valence-electron chi connectivity index (χ2n) is 8.27. The number of aromatic nitrogens is 2. The molecule has 0 bridgehead atoms. The van der Waals surface area contributed by atoms with Gasteiger partial charge in [-0.1, -0.05) is 13.8 Å². The van der Waals surface area contributed by atoms with Gasteiger partial charge in [-0.05, 0) is 62.9 Å². The van der Waals surface area contributed by atoms with Gasteiger partial charge in [0, 0.05) is 36.1 Å². The molecule has 1 aromatic carbocycles. The number of rotatable bonds is 6. The summed E-state index contributed by atoms with van der Waals surface area (Å²) < 4.78 is 5.23. The lowest BCUT2D eigenvalue weighted by molar-refractivity contribution is -0.120. The van der Waals surface area contributed by atoms with E-state index in [1.165, 1.54) is 0 Å². The van der Waals surface area contributed by atoms with Crippen molar-refractivity contribution in [1.82, 2.24) is 9.97 Å². The van der Waals surface area contributed by atoms with Crippen LogP contribution in [0, 0.1) is 25.7 Å². The summed E-state index contributed by atoms with van der Waals surface area (Å²) >= 11 is 0. The summed E-state index contributed by atoms with van der Waals surface area (Å²) in [6.07, 6.45) is 1.50. The van der Waals surface area contributed by atoms with Gasteiger partial charge >= 0.3 is 5.97 Å². The lowest BCUT2D eigenvalue weighted by Gasteiger charge is -2.31. The molecule has 1 aliphatic heterocycles. The molecule has 7 heteroatoms. The second-order valence-corrected chi connectivity index (χ2v) is 8.27. The number of hydrogen-bond donors (Lipinski definition) is 1. The fourth-order valence-electron chi connectivity index (χ4n) is 3.45. The monoisotopic (exact) mass is 410 g/mol. The maximum Gasteiger partial charge on any atom is 0.338 e. The van der Waals surface area contributed by atoms with Crippen molar-refractivity contribution >= 4 is 23.5 Å². The van der Waals surface area contributed by atoms with E-state index in [2.05, 4.69) is 20.2 Å². The summed E-state index contributed by atoms with van der Waals surface area (Å²) in [7, 11) is 0. The molecule has 3 rings (SSSR count). The highest BCUT2D eigenvalue weighted by Crippen LogP contribution is 2.23. The van der Waals surface area contributed by atoms with Crippen LogP contribution in [-0.2, 0) is 9.53 Å². The predicted octanol–water partition coefficient (Wildman–Crippen LogP) is 3.76. The average Bonchev–Trinajstić information content (AvgIpc) is 2.72. The van der Waals surface area contributed by atoms with E-state index in [0.717, 1.165) is 43.3 Å². The number of ether oxygens (including phenoxy) is 1. The SMILES string of the molecule is Cc1cc(C)nc(N2CCC(C(=O)Nc3ccc(C(=O)OCC(C)C)cc3)CC2)n1. The van der Waals surface area contributed by atoms with Crippen LogP contribution in [0.15, 0.2) is 30.3 Å². The molecular formula is C23H30N4O3. The third kappa shape index (κ3) is 5.78. The van der Waals surface area contributed by atoms with Crippen molar-refractivity contribution in [3.05, 3.63) is 47.3 Å². The van der Waals surface area contributed by atoms with Gasteiger partial charge in [0.15, 0.2) is 0 Å². The fourth-order valence-corrected chi connectivity index (χ4v) is 3.45. The van der Waals surface area contributed by atoms with E-state index in [1.54, 1.807) is 24.3 Å². The van der Waals surface area contributed by atoms with Gasteiger partial charge in [0.25, 0.3) is 0 Å². The fraction of sp³-hybridized carbons (Fsp3) is 0.478. The van der Waals surface area contributed by atoms with Crippen molar-refractivity contribution in [2.75, 3.05) is 29.9 Å². The molecule has 1 aromatic heterocycles. The lowest BCUT2D eigenvalue weighted by Crippen LogP contribution is -2.39. The van der Waals surface area contributed by atoms with Crippen molar-refractivity contribution < 1.29 is 14.3 Å². The lowest BCUT2D eigenvalue weighted by atomic mass is 9.96. The third-order valence-corrected chi connectivity index (χ3v) is 5.05. The largest absolute Gasteiger partial charge is 0.462 e. The first-order valence-corrected chi connectivity index (χ1v) is 10.5. The Bertz CT molecular complexity index is 868. The summed E-state index contributed by atoms with van der Waals surface area (Å²) in [6, 6.07) is 8.79. The third-order valence-electron chi connectivity index (χ3n) is 5.05. The van der Waals surface area contributed by atoms with E-state index in [4.69, 9.17) is 4.74 Å². The molecule has 0 atom stereocenters. The number of benzene rings is 1. The molecule has 1 amide bonds. The Morgan fingerprint density at radius 2 is 1.70 bits per heavy atom. The molecule has 30 heavy (non-hydrogen) atoms. The number of carbonyl (C=O) groups excluding carboxylic acids is 2. The first-order valence-electron chi connectivity index (χ1n) is 10.5. The summed E-state index contributed by atoms with van der Waals surface area (Å²) in [6.45, 7) is 9.81. The molecule has 160 valence electrons. The molecule has 0 unspecified atom stereocenters. The summed E-state index contributed by atoms with van der Waals surface area (Å²) in [5.41, 5.74) is 3.07. The van der Waals surface area contributed by atoms with Gasteiger partial charge < -0.3 is 15.0 Å². The van der Waals surface area contributed by atoms with Crippen LogP contribution in [0.5, 0.6) is 0 Å². The van der Waals surface area contributed by atoms with E-state index in [-0.39, 0.29) is 17.8 Å². The minimum Gasteiger partial charge on any atom is -0.462 e. The number of aryl methyl sites for hydroxylation is 2. The van der Waals surface area contributed by atoms with E-state index >= 15 is 0 Å². The summed E-state index contributed by atoms with van der Waals surface area (Å²) in [5, 5.41) is 2.96. The first-order chi connectivity index (χ1) is 14.3. The van der Waals surface area contributed by atoms with E-state index < -0.39 is 0 Å². The molecule has 0 aliphatic carbocycles. The number of amides is 1. The maximum atomic E-state index is 12.7. The number of nitrogens with zero attached hydrogens (tertiary/aromatic N) is 3. The number of hydrogen-bond acceptors (Lipinski definition) is 6. The van der Waals surface area contributed by atoms with Gasteiger partial charge in [-0.25, -0.2) is 14.8 Å². The highest BCUT2D eigenvalue weighted by atomic mass is 16.5. The Balaban J connectivity index is 1.51. The Hall–Kier alpha value is -2.96. The van der Waals surface area contributed by atoms with Crippen molar-refractivity contribution in [2.45, 2.75) is 40.5 Å². The van der Waals surface area contributed by atoms with Gasteiger partial charge in [0.1, 0.15) is 0 Å². The standard InChI is InChI=1S/C23H30N4O3/c1-15(2)14-30-22(29)19-5-7-20(8-6-19)26-21(28)18-9-11-27(12-10-18)23-24-16(3)13-17(4)25-23/h5-8,13,15,18H,9-12,14H2,1-4H3,(H,26,28). The number of nitrogens with one attached hydrogen (secondary N) is 1. The molecule has 1 saturated heterocycles. The zero-order valence-corrected chi connectivity index (χ0v) is 18.1. The molecular weight excluding hydrogens is 380 g/mol. The van der Waals surface area contributed by atoms with Crippen LogP contribution in [0.1, 0.15) is 48.4 Å². The quantitative estimate of drug-likeness (QED) is 0.730. The zero-order chi connectivity index (χ0) is 21.7. The van der Waals surface area contributed by atoms with Crippen LogP contribution in [-0.4, -0.2) is 41.5 Å². The number of esters is 1. The molecule has 7 nitrogen and oxygen atoms in total. The van der Waals surface area contributed by atoms with Crippen LogP contribution in [0.3, 0.4) is 0 Å². The predicted molar refractivity (Wildman–Crippen MR) is 117 cm³/mol. The smallest absolute Gasteiger partial charge is 0.338 e. The van der Waals surface area contributed by atoms with Crippen LogP contribution < -0.4 is 10.2 Å². The Morgan fingerprint density at radius 1 is 1.10 bits per heavy atom. The average molecular weight is 411 g/mol. The van der Waals surface area contributed by atoms with Crippen molar-refractivity contribution in [2.24, 2.45) is 11.8 Å². The highest BCUT2D eigenvalue weighted by Gasteiger charge is 2.26. The summed E-state index contributed by atoms with van der Waals surface area (Å²) in [5.74, 6) is 0.642. The van der Waals surface area contributed by atoms with Gasteiger partial charge in [-0.2, -0.15) is 0 Å². The van der Waals surface area contributed by atoms with E-state index in [1.807, 2.05) is 33.8 Å². The second kappa shape index (κ2) is 9.69. The molecule has 0 saturated carbocycles. The van der Waals surface area contributed by atoms with E-state index in [0.29, 0.717) is 23.8 Å². The van der Waals surface area contributed by atoms with Crippen LogP contribution in [0.4, 0.5) is 11.6 Å². The van der Waals surface area contributed by atoms with Crippen LogP contribution >= 0.6 is 0 Å². The van der Waals surface area contributed by atoms with Gasteiger partial charge in [-0.15, -0.1) is 0 Å². The minimum absolute atomic E-state index is 0.00567. The number of piperidine rings is 1. The Kier molecular flexibility index (Phi) is 7.03. The van der Waals surface area contributed by atoms with Crippen molar-refractivity contribution in [3.63, 3.8) is 0 Å². The Labute approximate surface area is 177 Å². The van der Waals surface area contributed by atoms with Crippen molar-refractivity contribution in [1.29, 1.82) is 0 Å². The van der Waals surface area contributed by atoms with Gasteiger partial charge in [-0.3, -0.25) is 4.79 Å². The number of anilines is 2. The molecule has 1 N–H and O–H groups in total. The number of carbonyl (C=O) groups is 2. The first kappa shape index (κ1) is 21.7. The van der Waals surface area contributed by atoms with E-state index in [9.17, 15) is 9.59 Å². The highest BCUT2D eigenvalue weighted by molar-refractivity contribution is 5.94. The zero-order valence-electron chi connectivity index (χ0n) is 18.1. The molecule has 1 aliphatic rings. The Morgan fingerprint density at radius 3 is 2.27 bits per heavy atom. The van der Waals surface area contributed by atoms with Crippen LogP contribution in [0.2, 0.25) is 0 Å². The van der Waals surface area contributed by atoms with Gasteiger partial charge in [0.05, 0.1) is 12.2 Å². The summed E-state index contributed by atoms with van der Waals surface area (Å²) in [4.78, 5) is 35.8. The molecule has 0 spiro atoms. The molecule has 1 fully saturated rings. The van der Waals surface area contributed by atoms with Gasteiger partial charge in [0.2, 0.25) is 11.9 Å². The topological polar surface area (TPSA) is 84.4 Å². The van der Waals surface area contributed by atoms with Crippen molar-refractivity contribution in [3.8, 4) is 0 Å². The molecule has 2 aromatic rings. The molecule has 2 heterocycles.